The molecule has 3 nitrogen and oxygen atoms in total. The molecule has 256 valence electrons. The highest BCUT2D eigenvalue weighted by Crippen LogP contribution is 2.51. The van der Waals surface area contributed by atoms with Crippen LogP contribution in [0.25, 0.3) is 116 Å². The normalized spacial score (nSPS) is 12.0. The van der Waals surface area contributed by atoms with E-state index in [0.717, 1.165) is 55.5 Å². The summed E-state index contributed by atoms with van der Waals surface area (Å²) in [4.78, 5) is 0. The molecule has 0 atom stereocenters. The van der Waals surface area contributed by atoms with Gasteiger partial charge in [0.25, 0.3) is 0 Å². The minimum atomic E-state index is 0.822. The molecule has 0 fully saturated rings. The molecule has 0 saturated heterocycles. The molecule has 0 bridgehead atoms. The first kappa shape index (κ1) is 30.1. The van der Waals surface area contributed by atoms with Crippen molar-refractivity contribution >= 4 is 76.3 Å². The molecule has 9 aromatic carbocycles. The van der Waals surface area contributed by atoms with E-state index in [1.165, 1.54) is 60.0 Å². The Hall–Kier alpha value is -7.36. The second-order valence-corrected chi connectivity index (χ2v) is 14.3. The Morgan fingerprint density at radius 2 is 0.909 bits per heavy atom. The van der Waals surface area contributed by atoms with Gasteiger partial charge in [0.15, 0.2) is 0 Å². The molecule has 0 aliphatic rings. The van der Waals surface area contributed by atoms with Crippen molar-refractivity contribution in [1.29, 1.82) is 0 Å². The van der Waals surface area contributed by atoms with Crippen LogP contribution >= 0.6 is 0 Å². The molecule has 0 aliphatic carbocycles. The lowest BCUT2D eigenvalue weighted by Gasteiger charge is -2.18. The van der Waals surface area contributed by atoms with Gasteiger partial charge in [-0.25, -0.2) is 0 Å². The number of para-hydroxylation sites is 3. The monoisotopic (exact) mass is 701 g/mol. The van der Waals surface area contributed by atoms with Crippen molar-refractivity contribution in [1.82, 2.24) is 4.57 Å². The molecule has 0 unspecified atom stereocenters. The largest absolute Gasteiger partial charge is 0.456 e. The van der Waals surface area contributed by atoms with Gasteiger partial charge in [-0.15, -0.1) is 0 Å². The average molecular weight is 702 g/mol. The lowest BCUT2D eigenvalue weighted by atomic mass is 9.84. The standard InChI is InChI=1S/C52H31NO2/c1-3-15-32(16-4-1)51-50(41-28-30-46-49(52(41)55-51)40-24-12-14-26-45(40)54-46)48-38-22-9-7-20-36(38)47(37-21-8-10-23-39(37)48)33-27-29-44-42(31-33)35-19-11-13-25-43(35)53(44)34-17-5-2-6-18-34/h1-31H. The summed E-state index contributed by atoms with van der Waals surface area (Å²) in [6, 6.07) is 67.2. The van der Waals surface area contributed by atoms with Crippen molar-refractivity contribution < 1.29 is 8.83 Å². The molecule has 0 amide bonds. The first-order chi connectivity index (χ1) is 27.3. The van der Waals surface area contributed by atoms with Gasteiger partial charge in [0.1, 0.15) is 22.5 Å². The summed E-state index contributed by atoms with van der Waals surface area (Å²) in [6.07, 6.45) is 0. The summed E-state index contributed by atoms with van der Waals surface area (Å²) in [5.41, 5.74) is 11.8. The molecular weight excluding hydrogens is 671 g/mol. The van der Waals surface area contributed by atoms with Gasteiger partial charge >= 0.3 is 0 Å². The van der Waals surface area contributed by atoms with Gasteiger partial charge in [0.05, 0.1) is 16.4 Å². The van der Waals surface area contributed by atoms with Crippen LogP contribution in [0.4, 0.5) is 0 Å². The van der Waals surface area contributed by atoms with Crippen LogP contribution in [0.3, 0.4) is 0 Å². The predicted molar refractivity (Wildman–Crippen MR) is 229 cm³/mol. The highest BCUT2D eigenvalue weighted by atomic mass is 16.3. The van der Waals surface area contributed by atoms with Gasteiger partial charge in [-0.1, -0.05) is 140 Å². The molecule has 0 radical (unpaired) electrons. The maximum Gasteiger partial charge on any atom is 0.147 e. The Morgan fingerprint density at radius 1 is 0.327 bits per heavy atom. The summed E-state index contributed by atoms with van der Waals surface area (Å²) in [5, 5.41) is 10.4. The van der Waals surface area contributed by atoms with Crippen molar-refractivity contribution in [3.05, 3.63) is 188 Å². The van der Waals surface area contributed by atoms with E-state index in [2.05, 4.69) is 180 Å². The highest BCUT2D eigenvalue weighted by molar-refractivity contribution is 6.28. The number of hydrogen-bond acceptors (Lipinski definition) is 2. The van der Waals surface area contributed by atoms with Crippen molar-refractivity contribution in [2.24, 2.45) is 0 Å². The van der Waals surface area contributed by atoms with Crippen LogP contribution in [-0.2, 0) is 0 Å². The Bertz CT molecular complexity index is 3420. The van der Waals surface area contributed by atoms with Crippen LogP contribution in [0, 0.1) is 0 Å². The van der Waals surface area contributed by atoms with Gasteiger partial charge in [0.2, 0.25) is 0 Å². The molecule has 0 aliphatic heterocycles. The van der Waals surface area contributed by atoms with Crippen LogP contribution in [0.15, 0.2) is 197 Å². The van der Waals surface area contributed by atoms with Gasteiger partial charge in [-0.05, 0) is 81.2 Å². The number of hydrogen-bond donors (Lipinski definition) is 0. The van der Waals surface area contributed by atoms with E-state index in [4.69, 9.17) is 8.83 Å². The summed E-state index contributed by atoms with van der Waals surface area (Å²) in [7, 11) is 0. The average Bonchev–Trinajstić information content (AvgIpc) is 3.93. The number of rotatable bonds is 4. The molecule has 0 saturated carbocycles. The van der Waals surface area contributed by atoms with Gasteiger partial charge in [0, 0.05) is 43.9 Å². The molecule has 3 aromatic heterocycles. The third-order valence-electron chi connectivity index (χ3n) is 11.4. The van der Waals surface area contributed by atoms with E-state index < -0.39 is 0 Å². The van der Waals surface area contributed by atoms with E-state index in [1.54, 1.807) is 0 Å². The molecule has 12 aromatic rings. The van der Waals surface area contributed by atoms with Crippen molar-refractivity contribution in [3.63, 3.8) is 0 Å². The Kier molecular flexibility index (Phi) is 6.34. The Labute approximate surface area is 315 Å². The van der Waals surface area contributed by atoms with Crippen LogP contribution in [0.5, 0.6) is 0 Å². The maximum atomic E-state index is 7.10. The summed E-state index contributed by atoms with van der Waals surface area (Å²) < 4.78 is 15.8. The molecule has 0 N–H and O–H groups in total. The SMILES string of the molecule is c1ccc(-c2oc3c(ccc4oc5ccccc5c43)c2-c2c3ccccc3c(-c3ccc4c(c3)c3ccccc3n4-c3ccccc3)c3ccccc23)cc1. The van der Waals surface area contributed by atoms with E-state index >= 15 is 0 Å². The smallest absolute Gasteiger partial charge is 0.147 e. The molecule has 3 heteroatoms. The lowest BCUT2D eigenvalue weighted by molar-refractivity contribution is 0.634. The number of fused-ring (bicyclic) bond motifs is 10. The van der Waals surface area contributed by atoms with E-state index in [9.17, 15) is 0 Å². The quantitative estimate of drug-likeness (QED) is 0.171. The first-order valence-electron chi connectivity index (χ1n) is 18.8. The third kappa shape index (κ3) is 4.32. The molecule has 55 heavy (non-hydrogen) atoms. The number of aromatic nitrogens is 1. The zero-order valence-electron chi connectivity index (χ0n) is 29.7. The molecular formula is C52H31NO2. The third-order valence-corrected chi connectivity index (χ3v) is 11.4. The van der Waals surface area contributed by atoms with Crippen LogP contribution < -0.4 is 0 Å². The fourth-order valence-electron chi connectivity index (χ4n) is 9.10. The zero-order valence-corrected chi connectivity index (χ0v) is 29.7. The van der Waals surface area contributed by atoms with E-state index in [1.807, 2.05) is 12.1 Å². The van der Waals surface area contributed by atoms with E-state index in [-0.39, 0.29) is 0 Å². The fraction of sp³-hybridized carbons (Fsp3) is 0. The second-order valence-electron chi connectivity index (χ2n) is 14.3. The van der Waals surface area contributed by atoms with Crippen LogP contribution in [0.1, 0.15) is 0 Å². The second kappa shape index (κ2) is 11.6. The minimum Gasteiger partial charge on any atom is -0.456 e. The fourth-order valence-corrected chi connectivity index (χ4v) is 9.10. The van der Waals surface area contributed by atoms with Crippen molar-refractivity contribution in [2.75, 3.05) is 0 Å². The number of nitrogens with zero attached hydrogens (tertiary/aromatic N) is 1. The van der Waals surface area contributed by atoms with Gasteiger partial charge in [-0.3, -0.25) is 0 Å². The number of benzene rings is 9. The van der Waals surface area contributed by atoms with Gasteiger partial charge < -0.3 is 13.4 Å². The maximum absolute atomic E-state index is 7.10. The summed E-state index contributed by atoms with van der Waals surface area (Å²) in [6.45, 7) is 0. The lowest BCUT2D eigenvalue weighted by Crippen LogP contribution is -1.93. The molecule has 0 spiro atoms. The van der Waals surface area contributed by atoms with Crippen molar-refractivity contribution in [2.45, 2.75) is 0 Å². The van der Waals surface area contributed by atoms with Gasteiger partial charge in [-0.2, -0.15) is 0 Å². The summed E-state index contributed by atoms with van der Waals surface area (Å²) >= 11 is 0. The topological polar surface area (TPSA) is 31.2 Å². The first-order valence-corrected chi connectivity index (χ1v) is 18.8. The van der Waals surface area contributed by atoms with E-state index in [0.29, 0.717) is 0 Å². The Morgan fingerprint density at radius 3 is 1.64 bits per heavy atom. The highest BCUT2D eigenvalue weighted by Gasteiger charge is 2.26. The molecule has 12 rings (SSSR count). The Balaban J connectivity index is 1.19. The zero-order chi connectivity index (χ0) is 36.0. The van der Waals surface area contributed by atoms with Crippen LogP contribution in [-0.4, -0.2) is 4.57 Å². The van der Waals surface area contributed by atoms with Crippen LogP contribution in [0.2, 0.25) is 0 Å². The predicted octanol–water partition coefficient (Wildman–Crippen LogP) is 14.7. The molecule has 3 heterocycles. The minimum absolute atomic E-state index is 0.822. The number of furan rings is 2. The summed E-state index contributed by atoms with van der Waals surface area (Å²) in [5.74, 6) is 0.853. The van der Waals surface area contributed by atoms with Crippen molar-refractivity contribution in [3.8, 4) is 39.3 Å².